The molecule has 2 aliphatic rings. The van der Waals surface area contributed by atoms with Crippen LogP contribution in [-0.4, -0.2) is 36.4 Å². The van der Waals surface area contributed by atoms with E-state index in [9.17, 15) is 9.59 Å². The maximum Gasteiger partial charge on any atom is 0.314 e. The molecule has 0 bridgehead atoms. The zero-order chi connectivity index (χ0) is 12.4. The second-order valence-electron chi connectivity index (χ2n) is 4.22. The molecule has 3 unspecified atom stereocenters. The molecule has 1 fully saturated rings. The third-order valence-electron chi connectivity index (χ3n) is 2.88. The van der Waals surface area contributed by atoms with Crippen molar-refractivity contribution in [2.75, 3.05) is 13.2 Å². The number of ether oxygens (including phenoxy) is 2. The fourth-order valence-corrected chi connectivity index (χ4v) is 1.83. The second kappa shape index (κ2) is 4.71. The molecular formula is C12H14O5. The van der Waals surface area contributed by atoms with E-state index in [2.05, 4.69) is 6.58 Å². The van der Waals surface area contributed by atoms with Crippen LogP contribution in [0.5, 0.6) is 0 Å². The molecule has 0 saturated carbocycles. The van der Waals surface area contributed by atoms with Crippen LogP contribution in [0.3, 0.4) is 0 Å². The lowest BCUT2D eigenvalue weighted by Gasteiger charge is -2.24. The molecule has 1 N–H and O–H groups in total. The van der Waals surface area contributed by atoms with E-state index in [-0.39, 0.29) is 12.7 Å². The number of carboxylic acids is 1. The van der Waals surface area contributed by atoms with Gasteiger partial charge in [-0.3, -0.25) is 9.59 Å². The third kappa shape index (κ3) is 2.74. The van der Waals surface area contributed by atoms with Gasteiger partial charge in [-0.2, -0.15) is 0 Å². The largest absolute Gasteiger partial charge is 0.481 e. The van der Waals surface area contributed by atoms with Gasteiger partial charge in [0.05, 0.1) is 18.4 Å². The molecule has 0 spiro atoms. The molecule has 0 amide bonds. The van der Waals surface area contributed by atoms with Crippen molar-refractivity contribution in [2.45, 2.75) is 12.5 Å². The van der Waals surface area contributed by atoms with Gasteiger partial charge in [-0.25, -0.2) is 0 Å². The van der Waals surface area contributed by atoms with Crippen molar-refractivity contribution in [2.24, 2.45) is 11.8 Å². The standard InChI is InChI=1S/C12H14O5/c1-7-3-2-4-9(11(13)14)10(7)12(15)17-6-8-5-16-8/h2,4,8-10H,1,3,5-6H2,(H,13,14). The Kier molecular flexibility index (Phi) is 3.28. The zero-order valence-electron chi connectivity index (χ0n) is 9.30. The molecule has 0 radical (unpaired) electrons. The Bertz CT molecular complexity index is 380. The van der Waals surface area contributed by atoms with Crippen LogP contribution in [0.25, 0.3) is 0 Å². The first-order valence-corrected chi connectivity index (χ1v) is 5.45. The molecule has 1 saturated heterocycles. The molecule has 1 heterocycles. The van der Waals surface area contributed by atoms with Crippen molar-refractivity contribution in [1.82, 2.24) is 0 Å². The van der Waals surface area contributed by atoms with Gasteiger partial charge >= 0.3 is 11.9 Å². The van der Waals surface area contributed by atoms with E-state index in [1.165, 1.54) is 6.08 Å². The number of epoxide rings is 1. The van der Waals surface area contributed by atoms with E-state index in [0.29, 0.717) is 18.6 Å². The van der Waals surface area contributed by atoms with Gasteiger partial charge in [0.15, 0.2) is 0 Å². The van der Waals surface area contributed by atoms with E-state index in [1.807, 2.05) is 0 Å². The van der Waals surface area contributed by atoms with Gasteiger partial charge in [0, 0.05) is 0 Å². The summed E-state index contributed by atoms with van der Waals surface area (Å²) in [6.45, 7) is 4.54. The summed E-state index contributed by atoms with van der Waals surface area (Å²) < 4.78 is 9.95. The van der Waals surface area contributed by atoms with E-state index in [0.717, 1.165) is 0 Å². The summed E-state index contributed by atoms with van der Waals surface area (Å²) in [7, 11) is 0. The van der Waals surface area contributed by atoms with E-state index < -0.39 is 23.8 Å². The smallest absolute Gasteiger partial charge is 0.314 e. The highest BCUT2D eigenvalue weighted by Crippen LogP contribution is 2.30. The van der Waals surface area contributed by atoms with Gasteiger partial charge < -0.3 is 14.6 Å². The molecular weight excluding hydrogens is 224 g/mol. The summed E-state index contributed by atoms with van der Waals surface area (Å²) in [5, 5.41) is 9.04. The normalized spacial score (nSPS) is 31.1. The molecule has 92 valence electrons. The van der Waals surface area contributed by atoms with Crippen LogP contribution < -0.4 is 0 Å². The Morgan fingerprint density at radius 1 is 1.59 bits per heavy atom. The van der Waals surface area contributed by atoms with Crippen molar-refractivity contribution in [3.05, 3.63) is 24.3 Å². The molecule has 1 aliphatic heterocycles. The van der Waals surface area contributed by atoms with Gasteiger partial charge in [0.25, 0.3) is 0 Å². The molecule has 17 heavy (non-hydrogen) atoms. The number of aliphatic carboxylic acids is 1. The Hall–Kier alpha value is -1.62. The maximum atomic E-state index is 11.8. The minimum atomic E-state index is -1.04. The first-order valence-electron chi connectivity index (χ1n) is 5.45. The van der Waals surface area contributed by atoms with Crippen molar-refractivity contribution >= 4 is 11.9 Å². The van der Waals surface area contributed by atoms with Crippen LogP contribution in [0, 0.1) is 11.8 Å². The Morgan fingerprint density at radius 3 is 2.88 bits per heavy atom. The molecule has 0 aromatic rings. The number of allylic oxidation sites excluding steroid dienone is 1. The maximum absolute atomic E-state index is 11.8. The molecule has 1 aliphatic carbocycles. The van der Waals surface area contributed by atoms with Gasteiger partial charge in [0.2, 0.25) is 0 Å². The lowest BCUT2D eigenvalue weighted by atomic mass is 9.81. The third-order valence-corrected chi connectivity index (χ3v) is 2.88. The minimum Gasteiger partial charge on any atom is -0.481 e. The first kappa shape index (κ1) is 11.9. The highest BCUT2D eigenvalue weighted by molar-refractivity contribution is 5.85. The van der Waals surface area contributed by atoms with Crippen LogP contribution in [0.2, 0.25) is 0 Å². The number of hydrogen-bond acceptors (Lipinski definition) is 4. The number of rotatable bonds is 4. The summed E-state index contributed by atoms with van der Waals surface area (Å²) in [4.78, 5) is 22.9. The number of carbonyl (C=O) groups excluding carboxylic acids is 1. The summed E-state index contributed by atoms with van der Waals surface area (Å²) >= 11 is 0. The zero-order valence-corrected chi connectivity index (χ0v) is 9.30. The average molecular weight is 238 g/mol. The Balaban J connectivity index is 2.03. The topological polar surface area (TPSA) is 76.1 Å². The predicted octanol–water partition coefficient (Wildman–Crippen LogP) is 0.761. The van der Waals surface area contributed by atoms with Crippen LogP contribution in [0.15, 0.2) is 24.3 Å². The van der Waals surface area contributed by atoms with Crippen molar-refractivity contribution in [3.8, 4) is 0 Å². The highest BCUT2D eigenvalue weighted by atomic mass is 16.6. The van der Waals surface area contributed by atoms with E-state index >= 15 is 0 Å². The quantitative estimate of drug-likeness (QED) is 0.444. The van der Waals surface area contributed by atoms with E-state index in [4.69, 9.17) is 14.6 Å². The van der Waals surface area contributed by atoms with Crippen LogP contribution in [0.4, 0.5) is 0 Å². The first-order chi connectivity index (χ1) is 8.09. The van der Waals surface area contributed by atoms with Gasteiger partial charge in [-0.15, -0.1) is 0 Å². The van der Waals surface area contributed by atoms with Crippen molar-refractivity contribution in [1.29, 1.82) is 0 Å². The van der Waals surface area contributed by atoms with Crippen molar-refractivity contribution in [3.63, 3.8) is 0 Å². The lowest BCUT2D eigenvalue weighted by Crippen LogP contribution is -2.33. The van der Waals surface area contributed by atoms with Gasteiger partial charge in [-0.1, -0.05) is 24.3 Å². The predicted molar refractivity (Wildman–Crippen MR) is 58.2 cm³/mol. The molecule has 3 atom stereocenters. The molecule has 5 heteroatoms. The van der Waals surface area contributed by atoms with Gasteiger partial charge in [0.1, 0.15) is 12.7 Å². The number of carboxylic acid groups (broad SMARTS) is 1. The molecule has 0 aromatic carbocycles. The summed E-state index contributed by atoms with van der Waals surface area (Å²) in [5.41, 5.74) is 0.585. The van der Waals surface area contributed by atoms with E-state index in [1.54, 1.807) is 6.08 Å². The fraction of sp³-hybridized carbons (Fsp3) is 0.500. The lowest BCUT2D eigenvalue weighted by molar-refractivity contribution is -0.155. The Labute approximate surface area is 98.7 Å². The summed E-state index contributed by atoms with van der Waals surface area (Å²) in [6, 6.07) is 0. The molecule has 2 rings (SSSR count). The van der Waals surface area contributed by atoms with Crippen molar-refractivity contribution < 1.29 is 24.2 Å². The second-order valence-corrected chi connectivity index (χ2v) is 4.22. The highest BCUT2D eigenvalue weighted by Gasteiger charge is 2.37. The number of esters is 1. The van der Waals surface area contributed by atoms with Gasteiger partial charge in [-0.05, 0) is 6.42 Å². The van der Waals surface area contributed by atoms with Crippen LogP contribution in [0.1, 0.15) is 6.42 Å². The van der Waals surface area contributed by atoms with Crippen LogP contribution >= 0.6 is 0 Å². The monoisotopic (exact) mass is 238 g/mol. The van der Waals surface area contributed by atoms with Crippen LogP contribution in [-0.2, 0) is 19.1 Å². The summed E-state index contributed by atoms with van der Waals surface area (Å²) in [6.07, 6.45) is 3.74. The molecule has 5 nitrogen and oxygen atoms in total. The number of hydrogen-bond donors (Lipinski definition) is 1. The fourth-order valence-electron chi connectivity index (χ4n) is 1.83. The molecule has 0 aromatic heterocycles. The average Bonchev–Trinajstić information content (AvgIpc) is 3.09. The SMILES string of the molecule is C=C1CC=CC(C(=O)O)C1C(=O)OCC1CO1. The Morgan fingerprint density at radius 2 is 2.29 bits per heavy atom. The minimum absolute atomic E-state index is 0.0189. The summed E-state index contributed by atoms with van der Waals surface area (Å²) in [5.74, 6) is -3.21. The number of carbonyl (C=O) groups is 2.